The SMILES string of the molecule is CC/C=C\C/C=C\C/C=C\C/C=C\C/C=C\C/C=C\CCCCCCCCCCC(=O)NC(COC1OC(CO)C(OC2OC(CO)C(O)C(O)C2O)C(O)C1O)C(O)/C=C/CC/C=C/CC/C=C/CCCCCCCCCCCCCCCCCCC. The molecule has 12 atom stereocenters. The summed E-state index contributed by atoms with van der Waals surface area (Å²) in [6.07, 6.45) is 65.7. The van der Waals surface area contributed by atoms with E-state index in [4.69, 9.17) is 18.9 Å². The van der Waals surface area contributed by atoms with Gasteiger partial charge in [-0.05, 0) is 96.3 Å². The van der Waals surface area contributed by atoms with E-state index < -0.39 is 86.8 Å². The molecule has 88 heavy (non-hydrogen) atoms. The molecule has 0 aliphatic carbocycles. The van der Waals surface area contributed by atoms with Crippen LogP contribution >= 0.6 is 0 Å². The number of aliphatic hydroxyl groups is 8. The highest BCUT2D eigenvalue weighted by atomic mass is 16.7. The highest BCUT2D eigenvalue weighted by Gasteiger charge is 2.51. The molecule has 2 aliphatic rings. The minimum Gasteiger partial charge on any atom is -0.394 e. The van der Waals surface area contributed by atoms with Gasteiger partial charge in [-0.1, -0.05) is 264 Å². The van der Waals surface area contributed by atoms with Crippen molar-refractivity contribution < 1.29 is 64.6 Å². The highest BCUT2D eigenvalue weighted by Crippen LogP contribution is 2.30. The van der Waals surface area contributed by atoms with Crippen LogP contribution in [0.5, 0.6) is 0 Å². The molecule has 14 heteroatoms. The van der Waals surface area contributed by atoms with Crippen molar-refractivity contribution in [1.29, 1.82) is 0 Å². The van der Waals surface area contributed by atoms with Crippen molar-refractivity contribution in [2.75, 3.05) is 19.8 Å². The monoisotopic (exact) mass is 1240 g/mol. The summed E-state index contributed by atoms with van der Waals surface area (Å²) in [4.78, 5) is 13.3. The Bertz CT molecular complexity index is 1890. The van der Waals surface area contributed by atoms with Crippen LogP contribution in [-0.2, 0) is 23.7 Å². The number of carbonyl (C=O) groups is 1. The summed E-state index contributed by atoms with van der Waals surface area (Å²) in [5.74, 6) is -0.265. The van der Waals surface area contributed by atoms with Gasteiger partial charge in [-0.15, -0.1) is 0 Å². The van der Waals surface area contributed by atoms with Crippen LogP contribution in [0.4, 0.5) is 0 Å². The molecule has 14 nitrogen and oxygen atoms in total. The first-order valence-electron chi connectivity index (χ1n) is 35.1. The zero-order valence-corrected chi connectivity index (χ0v) is 54.9. The highest BCUT2D eigenvalue weighted by molar-refractivity contribution is 5.76. The van der Waals surface area contributed by atoms with E-state index in [-0.39, 0.29) is 18.9 Å². The van der Waals surface area contributed by atoms with Gasteiger partial charge in [-0.2, -0.15) is 0 Å². The molecule has 12 unspecified atom stereocenters. The number of hydrogen-bond acceptors (Lipinski definition) is 13. The Morgan fingerprint density at radius 3 is 1.25 bits per heavy atom. The second kappa shape index (κ2) is 57.5. The van der Waals surface area contributed by atoms with Gasteiger partial charge in [0, 0.05) is 6.42 Å². The van der Waals surface area contributed by atoms with Gasteiger partial charge in [0.25, 0.3) is 0 Å². The number of rotatable bonds is 56. The fraction of sp³-hybridized carbons (Fsp3) is 0.743. The Morgan fingerprint density at radius 1 is 0.420 bits per heavy atom. The van der Waals surface area contributed by atoms with Gasteiger partial charge in [0.2, 0.25) is 5.91 Å². The Morgan fingerprint density at radius 2 is 0.795 bits per heavy atom. The molecule has 0 aromatic carbocycles. The number of amides is 1. The predicted molar refractivity (Wildman–Crippen MR) is 359 cm³/mol. The van der Waals surface area contributed by atoms with Crippen molar-refractivity contribution in [3.8, 4) is 0 Å². The zero-order chi connectivity index (χ0) is 63.8. The van der Waals surface area contributed by atoms with Crippen LogP contribution in [0.3, 0.4) is 0 Å². The van der Waals surface area contributed by atoms with Crippen molar-refractivity contribution in [3.63, 3.8) is 0 Å². The predicted octanol–water partition coefficient (Wildman–Crippen LogP) is 14.3. The molecule has 9 N–H and O–H groups in total. The van der Waals surface area contributed by atoms with E-state index >= 15 is 0 Å². The average Bonchev–Trinajstić information content (AvgIpc) is 1.93. The lowest BCUT2D eigenvalue weighted by Gasteiger charge is -2.46. The molecule has 0 bridgehead atoms. The first kappa shape index (κ1) is 80.7. The summed E-state index contributed by atoms with van der Waals surface area (Å²) in [6, 6.07) is -0.952. The van der Waals surface area contributed by atoms with E-state index in [1.165, 1.54) is 128 Å². The summed E-state index contributed by atoms with van der Waals surface area (Å²) >= 11 is 0. The van der Waals surface area contributed by atoms with Crippen LogP contribution in [0, 0.1) is 0 Å². The van der Waals surface area contributed by atoms with E-state index in [1.807, 2.05) is 6.08 Å². The van der Waals surface area contributed by atoms with Crippen molar-refractivity contribution >= 4 is 5.91 Å². The second-order valence-corrected chi connectivity index (χ2v) is 24.3. The van der Waals surface area contributed by atoms with Crippen LogP contribution in [0.25, 0.3) is 0 Å². The molecular weight excluding hydrogens is 1110 g/mol. The quantitative estimate of drug-likeness (QED) is 0.0204. The van der Waals surface area contributed by atoms with Crippen molar-refractivity contribution in [1.82, 2.24) is 5.32 Å². The molecule has 0 radical (unpaired) electrons. The number of nitrogens with one attached hydrogen (secondary N) is 1. The first-order valence-corrected chi connectivity index (χ1v) is 35.1. The molecule has 506 valence electrons. The largest absolute Gasteiger partial charge is 0.394 e. The van der Waals surface area contributed by atoms with Gasteiger partial charge in [-0.3, -0.25) is 4.79 Å². The number of carbonyl (C=O) groups excluding carboxylic acids is 1. The number of unbranched alkanes of at least 4 members (excludes halogenated alkanes) is 27. The van der Waals surface area contributed by atoms with Gasteiger partial charge in [0.1, 0.15) is 48.8 Å². The Labute approximate surface area is 534 Å². The molecule has 0 aromatic rings. The van der Waals surface area contributed by atoms with Crippen LogP contribution in [-0.4, -0.2) is 140 Å². The lowest BCUT2D eigenvalue weighted by Crippen LogP contribution is -2.65. The number of hydrogen-bond donors (Lipinski definition) is 9. The Kier molecular flexibility index (Phi) is 52.8. The third kappa shape index (κ3) is 41.2. The summed E-state index contributed by atoms with van der Waals surface area (Å²) in [7, 11) is 0. The van der Waals surface area contributed by atoms with Crippen LogP contribution in [0.1, 0.15) is 258 Å². The second-order valence-electron chi connectivity index (χ2n) is 24.3. The summed E-state index contributed by atoms with van der Waals surface area (Å²) in [5.41, 5.74) is 0. The van der Waals surface area contributed by atoms with E-state index in [9.17, 15) is 45.6 Å². The molecule has 2 aliphatic heterocycles. The maximum Gasteiger partial charge on any atom is 0.220 e. The molecule has 0 spiro atoms. The van der Waals surface area contributed by atoms with E-state index in [0.29, 0.717) is 12.8 Å². The fourth-order valence-electron chi connectivity index (χ4n) is 10.9. The molecule has 2 heterocycles. The molecule has 0 aromatic heterocycles. The van der Waals surface area contributed by atoms with Gasteiger partial charge in [0.05, 0.1) is 32.0 Å². The lowest BCUT2D eigenvalue weighted by molar-refractivity contribution is -0.359. The molecule has 1 amide bonds. The van der Waals surface area contributed by atoms with Gasteiger partial charge < -0.3 is 65.1 Å². The summed E-state index contributed by atoms with van der Waals surface area (Å²) < 4.78 is 22.8. The fourth-order valence-corrected chi connectivity index (χ4v) is 10.9. The topological polar surface area (TPSA) is 228 Å². The number of aliphatic hydroxyl groups excluding tert-OH is 8. The van der Waals surface area contributed by atoms with Crippen LogP contribution in [0.2, 0.25) is 0 Å². The lowest BCUT2D eigenvalue weighted by atomic mass is 9.97. The van der Waals surface area contributed by atoms with Gasteiger partial charge in [-0.25, -0.2) is 0 Å². The normalized spacial score (nSPS) is 23.8. The minimum atomic E-state index is -1.80. The smallest absolute Gasteiger partial charge is 0.220 e. The van der Waals surface area contributed by atoms with Gasteiger partial charge >= 0.3 is 0 Å². The molecule has 0 saturated carbocycles. The van der Waals surface area contributed by atoms with Crippen LogP contribution in [0.15, 0.2) is 109 Å². The Hall–Kier alpha value is -3.35. The molecule has 2 fully saturated rings. The van der Waals surface area contributed by atoms with Crippen molar-refractivity contribution in [2.45, 2.75) is 331 Å². The van der Waals surface area contributed by atoms with Crippen molar-refractivity contribution in [3.05, 3.63) is 109 Å². The third-order valence-electron chi connectivity index (χ3n) is 16.4. The van der Waals surface area contributed by atoms with E-state index in [0.717, 1.165) is 96.3 Å². The Balaban J connectivity index is 1.73. The number of ether oxygens (including phenoxy) is 4. The summed E-state index contributed by atoms with van der Waals surface area (Å²) in [5, 5.41) is 87.4. The maximum absolute atomic E-state index is 13.3. The van der Waals surface area contributed by atoms with Crippen LogP contribution < -0.4 is 5.32 Å². The van der Waals surface area contributed by atoms with Gasteiger partial charge in [0.15, 0.2) is 12.6 Å². The van der Waals surface area contributed by atoms with E-state index in [2.05, 4.69) is 116 Å². The zero-order valence-electron chi connectivity index (χ0n) is 54.9. The molecule has 2 saturated heterocycles. The van der Waals surface area contributed by atoms with E-state index in [1.54, 1.807) is 6.08 Å². The van der Waals surface area contributed by atoms with Crippen molar-refractivity contribution in [2.24, 2.45) is 0 Å². The third-order valence-corrected chi connectivity index (χ3v) is 16.4. The number of allylic oxidation sites excluding steroid dienone is 17. The summed E-state index contributed by atoms with van der Waals surface area (Å²) in [6.45, 7) is 2.67. The standard InChI is InChI=1S/C74H127NO13/c1-3-5-7-9-11-13-15-17-19-21-23-25-27-29-31-33-35-37-39-41-43-45-47-49-51-53-55-57-63(78)62(61-85-73-71(84)69(82)72(65(60-77)87-73)88-74-70(83)68(81)67(80)64(59-76)86-74)75-66(79)58-56-54-52-50-48-46-44-42-40-38-36-34-32-30-28-26-24-22-20-18-16-14-12-10-8-6-4-2/h6,8,12,14,18,20,24,26,30,32,36,38-39,41,47,49,55,57,62-65,67-74,76-78,80-84H,3-5,7,9-11,13,15-17,19,21-23,25,27-29,31,33-35,37,40,42-46,48,50-54,56,58-61H2,1-2H3,(H,75,79)/b8-6-,14-12-,20-18-,26-24-,32-30-,38-36-,41-39+,49-47+,57-55+. The average molecular weight is 1240 g/mol. The maximum atomic E-state index is 13.3. The minimum absolute atomic E-state index is 0.253. The molecular formula is C74H127NO13. The molecule has 2 rings (SSSR count). The first-order chi connectivity index (χ1) is 43.1.